The third-order valence-corrected chi connectivity index (χ3v) is 5.20. The van der Waals surface area contributed by atoms with Crippen LogP contribution < -0.4 is 10.1 Å². The van der Waals surface area contributed by atoms with Crippen LogP contribution in [0, 0.1) is 10.1 Å². The van der Waals surface area contributed by atoms with E-state index in [2.05, 4.69) is 5.32 Å². The summed E-state index contributed by atoms with van der Waals surface area (Å²) in [7, 11) is 1.63. The van der Waals surface area contributed by atoms with Gasteiger partial charge in [0.2, 0.25) is 0 Å². The quantitative estimate of drug-likeness (QED) is 0.631. The van der Waals surface area contributed by atoms with Crippen molar-refractivity contribution in [1.29, 1.82) is 0 Å². The standard InChI is InChI=1S/C20H22N2O4/c1-26-16-10-8-15(9-11-16)20(12-4-5-13-20)14-21-19(23)17-6-2-3-7-18(17)22(24)25/h2-3,6-11H,4-5,12-14H2,1H3,(H,21,23). The lowest BCUT2D eigenvalue weighted by atomic mass is 9.78. The van der Waals surface area contributed by atoms with Crippen molar-refractivity contribution in [2.24, 2.45) is 0 Å². The van der Waals surface area contributed by atoms with Crippen molar-refractivity contribution >= 4 is 11.6 Å². The zero-order chi connectivity index (χ0) is 18.6. The fourth-order valence-corrected chi connectivity index (χ4v) is 3.73. The van der Waals surface area contributed by atoms with E-state index < -0.39 is 10.8 Å². The molecule has 1 fully saturated rings. The Morgan fingerprint density at radius 3 is 2.42 bits per heavy atom. The molecule has 0 saturated heterocycles. The van der Waals surface area contributed by atoms with Crippen molar-refractivity contribution in [1.82, 2.24) is 5.32 Å². The van der Waals surface area contributed by atoms with Gasteiger partial charge in [0.05, 0.1) is 12.0 Å². The highest BCUT2D eigenvalue weighted by Crippen LogP contribution is 2.41. The van der Waals surface area contributed by atoms with Gasteiger partial charge in [-0.15, -0.1) is 0 Å². The number of carbonyl (C=O) groups is 1. The third kappa shape index (κ3) is 3.54. The Balaban J connectivity index is 1.79. The zero-order valence-electron chi connectivity index (χ0n) is 14.7. The molecule has 0 spiro atoms. The van der Waals surface area contributed by atoms with E-state index in [0.29, 0.717) is 6.54 Å². The van der Waals surface area contributed by atoms with E-state index in [1.54, 1.807) is 19.2 Å². The van der Waals surface area contributed by atoms with Gasteiger partial charge in [0, 0.05) is 18.0 Å². The van der Waals surface area contributed by atoms with Crippen molar-refractivity contribution in [3.05, 3.63) is 69.8 Å². The molecular weight excluding hydrogens is 332 g/mol. The Hall–Kier alpha value is -2.89. The van der Waals surface area contributed by atoms with E-state index in [4.69, 9.17) is 4.74 Å². The number of para-hydroxylation sites is 1. The van der Waals surface area contributed by atoms with Gasteiger partial charge < -0.3 is 10.1 Å². The molecular formula is C20H22N2O4. The van der Waals surface area contributed by atoms with Crippen LogP contribution in [0.4, 0.5) is 5.69 Å². The van der Waals surface area contributed by atoms with E-state index in [9.17, 15) is 14.9 Å². The molecule has 136 valence electrons. The van der Waals surface area contributed by atoms with E-state index >= 15 is 0 Å². The monoisotopic (exact) mass is 354 g/mol. The van der Waals surface area contributed by atoms with Gasteiger partial charge >= 0.3 is 0 Å². The average molecular weight is 354 g/mol. The van der Waals surface area contributed by atoms with Gasteiger partial charge in [0.15, 0.2) is 0 Å². The van der Waals surface area contributed by atoms with Crippen LogP contribution >= 0.6 is 0 Å². The second-order valence-corrected chi connectivity index (χ2v) is 6.67. The predicted octanol–water partition coefficient (Wildman–Crippen LogP) is 3.85. The SMILES string of the molecule is COc1ccc(C2(CNC(=O)c3ccccc3[N+](=O)[O-])CCCC2)cc1. The normalized spacial score (nSPS) is 15.4. The van der Waals surface area contributed by atoms with Crippen LogP contribution in [0.25, 0.3) is 0 Å². The van der Waals surface area contributed by atoms with Crippen molar-refractivity contribution in [2.45, 2.75) is 31.1 Å². The number of hydrogen-bond acceptors (Lipinski definition) is 4. The molecule has 26 heavy (non-hydrogen) atoms. The molecule has 1 N–H and O–H groups in total. The summed E-state index contributed by atoms with van der Waals surface area (Å²) in [5.74, 6) is 0.392. The smallest absolute Gasteiger partial charge is 0.282 e. The number of carbonyl (C=O) groups excluding carboxylic acids is 1. The molecule has 2 aromatic carbocycles. The molecule has 0 heterocycles. The van der Waals surface area contributed by atoms with Crippen molar-refractivity contribution in [2.75, 3.05) is 13.7 Å². The van der Waals surface area contributed by atoms with Crippen LogP contribution in [0.1, 0.15) is 41.6 Å². The first-order chi connectivity index (χ1) is 12.6. The summed E-state index contributed by atoms with van der Waals surface area (Å²) in [5.41, 5.74) is 0.958. The summed E-state index contributed by atoms with van der Waals surface area (Å²) >= 11 is 0. The molecule has 0 bridgehead atoms. The Morgan fingerprint density at radius 1 is 1.15 bits per heavy atom. The Morgan fingerprint density at radius 2 is 1.81 bits per heavy atom. The molecule has 1 aliphatic rings. The summed E-state index contributed by atoms with van der Waals surface area (Å²) in [6.45, 7) is 0.463. The number of nitro groups is 1. The zero-order valence-corrected chi connectivity index (χ0v) is 14.7. The van der Waals surface area contributed by atoms with Crippen LogP contribution in [-0.4, -0.2) is 24.5 Å². The number of nitrogens with zero attached hydrogens (tertiary/aromatic N) is 1. The lowest BCUT2D eigenvalue weighted by molar-refractivity contribution is -0.385. The largest absolute Gasteiger partial charge is 0.497 e. The second-order valence-electron chi connectivity index (χ2n) is 6.67. The number of nitrogens with one attached hydrogen (secondary N) is 1. The molecule has 1 saturated carbocycles. The van der Waals surface area contributed by atoms with E-state index in [1.807, 2.05) is 24.3 Å². The highest BCUT2D eigenvalue weighted by atomic mass is 16.6. The summed E-state index contributed by atoms with van der Waals surface area (Å²) < 4.78 is 5.22. The van der Waals surface area contributed by atoms with Crippen molar-refractivity contribution in [3.8, 4) is 5.75 Å². The number of benzene rings is 2. The van der Waals surface area contributed by atoms with Crippen molar-refractivity contribution in [3.63, 3.8) is 0 Å². The van der Waals surface area contributed by atoms with Gasteiger partial charge in [-0.05, 0) is 36.6 Å². The summed E-state index contributed by atoms with van der Waals surface area (Å²) in [4.78, 5) is 23.2. The molecule has 6 nitrogen and oxygen atoms in total. The first kappa shape index (κ1) is 17.9. The molecule has 6 heteroatoms. The lowest BCUT2D eigenvalue weighted by Gasteiger charge is -2.30. The average Bonchev–Trinajstić information content (AvgIpc) is 3.16. The fraction of sp³-hybridized carbons (Fsp3) is 0.350. The molecule has 0 aromatic heterocycles. The van der Waals surface area contributed by atoms with Crippen LogP contribution in [0.15, 0.2) is 48.5 Å². The topological polar surface area (TPSA) is 81.5 Å². The molecule has 0 atom stereocenters. The minimum Gasteiger partial charge on any atom is -0.497 e. The Kier molecular flexibility index (Phi) is 5.21. The Bertz CT molecular complexity index is 796. The Labute approximate surface area is 152 Å². The number of ether oxygens (including phenoxy) is 1. The number of methoxy groups -OCH3 is 1. The van der Waals surface area contributed by atoms with Crippen LogP contribution in [0.5, 0.6) is 5.75 Å². The van der Waals surface area contributed by atoms with Gasteiger partial charge in [0.25, 0.3) is 11.6 Å². The molecule has 0 radical (unpaired) electrons. The maximum absolute atomic E-state index is 12.6. The maximum atomic E-state index is 12.6. The van der Waals surface area contributed by atoms with Gasteiger partial charge in [0.1, 0.15) is 11.3 Å². The summed E-state index contributed by atoms with van der Waals surface area (Å²) in [5, 5.41) is 14.1. The molecule has 2 aromatic rings. The highest BCUT2D eigenvalue weighted by Gasteiger charge is 2.36. The molecule has 1 amide bonds. The van der Waals surface area contributed by atoms with Gasteiger partial charge in [-0.1, -0.05) is 37.1 Å². The maximum Gasteiger partial charge on any atom is 0.282 e. The van der Waals surface area contributed by atoms with Gasteiger partial charge in [-0.25, -0.2) is 0 Å². The lowest BCUT2D eigenvalue weighted by Crippen LogP contribution is -2.39. The summed E-state index contributed by atoms with van der Waals surface area (Å²) in [6, 6.07) is 14.0. The second kappa shape index (κ2) is 7.56. The van der Waals surface area contributed by atoms with E-state index in [1.165, 1.54) is 17.7 Å². The number of nitro benzene ring substituents is 1. The minimum absolute atomic E-state index is 0.0976. The summed E-state index contributed by atoms with van der Waals surface area (Å²) in [6.07, 6.45) is 4.17. The molecule has 3 rings (SSSR count). The first-order valence-electron chi connectivity index (χ1n) is 8.72. The predicted molar refractivity (Wildman–Crippen MR) is 98.6 cm³/mol. The molecule has 0 unspecified atom stereocenters. The van der Waals surface area contributed by atoms with Gasteiger partial charge in [-0.2, -0.15) is 0 Å². The number of amides is 1. The molecule has 0 aliphatic heterocycles. The van der Waals surface area contributed by atoms with E-state index in [0.717, 1.165) is 31.4 Å². The van der Waals surface area contributed by atoms with E-state index in [-0.39, 0.29) is 16.7 Å². The third-order valence-electron chi connectivity index (χ3n) is 5.20. The fourth-order valence-electron chi connectivity index (χ4n) is 3.73. The van der Waals surface area contributed by atoms with Crippen molar-refractivity contribution < 1.29 is 14.5 Å². The van der Waals surface area contributed by atoms with Gasteiger partial charge in [-0.3, -0.25) is 14.9 Å². The number of rotatable bonds is 6. The van der Waals surface area contributed by atoms with Crippen LogP contribution in [0.2, 0.25) is 0 Å². The first-order valence-corrected chi connectivity index (χ1v) is 8.72. The number of hydrogen-bond donors (Lipinski definition) is 1. The molecule has 1 aliphatic carbocycles. The minimum atomic E-state index is -0.524. The van der Waals surface area contributed by atoms with Crippen LogP contribution in [-0.2, 0) is 5.41 Å². The van der Waals surface area contributed by atoms with Crippen LogP contribution in [0.3, 0.4) is 0 Å². The highest BCUT2D eigenvalue weighted by molar-refractivity contribution is 5.98.